The molecule has 1 N–H and O–H groups in total. The van der Waals surface area contributed by atoms with Crippen molar-refractivity contribution >= 4 is 0 Å². The van der Waals surface area contributed by atoms with E-state index in [1.807, 2.05) is 0 Å². The minimum Gasteiger partial charge on any atom is -0.388 e. The third-order valence-corrected chi connectivity index (χ3v) is 5.12. The SMILES string of the molecule is CC1(C)Cc2c(ccn2CCC2CCCC2)C(O)C1. The molecule has 2 aliphatic rings. The number of nitrogens with zero attached hydrogens (tertiary/aromatic N) is 1. The molecule has 1 heterocycles. The lowest BCUT2D eigenvalue weighted by atomic mass is 9.75. The molecule has 1 saturated carbocycles. The quantitative estimate of drug-likeness (QED) is 0.871. The van der Waals surface area contributed by atoms with Gasteiger partial charge in [-0.1, -0.05) is 39.5 Å². The second kappa shape index (κ2) is 4.97. The Morgan fingerprint density at radius 2 is 2.05 bits per heavy atom. The van der Waals surface area contributed by atoms with E-state index in [2.05, 4.69) is 30.7 Å². The first-order valence-electron chi connectivity index (χ1n) is 7.91. The first kappa shape index (κ1) is 13.2. The second-order valence-corrected chi connectivity index (χ2v) is 7.41. The average Bonchev–Trinajstić information content (AvgIpc) is 2.93. The highest BCUT2D eigenvalue weighted by Gasteiger charge is 2.33. The van der Waals surface area contributed by atoms with E-state index < -0.39 is 0 Å². The summed E-state index contributed by atoms with van der Waals surface area (Å²) in [7, 11) is 0. The van der Waals surface area contributed by atoms with E-state index in [0.29, 0.717) is 0 Å². The summed E-state index contributed by atoms with van der Waals surface area (Å²) in [5.74, 6) is 0.944. The van der Waals surface area contributed by atoms with Gasteiger partial charge in [-0.3, -0.25) is 0 Å². The van der Waals surface area contributed by atoms with Gasteiger partial charge in [-0.15, -0.1) is 0 Å². The van der Waals surface area contributed by atoms with Gasteiger partial charge in [-0.25, -0.2) is 0 Å². The van der Waals surface area contributed by atoms with Crippen molar-refractivity contribution in [3.8, 4) is 0 Å². The zero-order valence-electron chi connectivity index (χ0n) is 12.4. The fourth-order valence-electron chi connectivity index (χ4n) is 4.02. The molecule has 3 rings (SSSR count). The van der Waals surface area contributed by atoms with Gasteiger partial charge in [-0.05, 0) is 36.7 Å². The summed E-state index contributed by atoms with van der Waals surface area (Å²) < 4.78 is 2.41. The minimum absolute atomic E-state index is 0.232. The number of rotatable bonds is 3. The molecule has 1 atom stereocenters. The summed E-state index contributed by atoms with van der Waals surface area (Å²) in [6.45, 7) is 5.68. The highest BCUT2D eigenvalue weighted by atomic mass is 16.3. The molecule has 0 bridgehead atoms. The van der Waals surface area contributed by atoms with Crippen molar-refractivity contribution in [2.24, 2.45) is 11.3 Å². The first-order chi connectivity index (χ1) is 9.05. The Kier molecular flexibility index (Phi) is 3.46. The van der Waals surface area contributed by atoms with Crippen LogP contribution in [0, 0.1) is 11.3 Å². The molecule has 1 unspecified atom stereocenters. The van der Waals surface area contributed by atoms with Crippen LogP contribution < -0.4 is 0 Å². The van der Waals surface area contributed by atoms with E-state index in [4.69, 9.17) is 0 Å². The summed E-state index contributed by atoms with van der Waals surface area (Å²) in [6, 6.07) is 2.14. The standard InChI is InChI=1S/C17H27NO/c1-17(2)11-15-14(16(19)12-17)8-10-18(15)9-7-13-5-3-4-6-13/h8,10,13,16,19H,3-7,9,11-12H2,1-2H3. The van der Waals surface area contributed by atoms with Crippen molar-refractivity contribution in [1.82, 2.24) is 4.57 Å². The number of aromatic nitrogens is 1. The van der Waals surface area contributed by atoms with Crippen LogP contribution in [-0.2, 0) is 13.0 Å². The number of aryl methyl sites for hydroxylation is 1. The third kappa shape index (κ3) is 2.74. The van der Waals surface area contributed by atoms with Crippen LogP contribution in [0.4, 0.5) is 0 Å². The maximum absolute atomic E-state index is 10.3. The molecule has 1 aromatic heterocycles. The van der Waals surface area contributed by atoms with Crippen LogP contribution in [0.15, 0.2) is 12.3 Å². The zero-order chi connectivity index (χ0) is 13.5. The van der Waals surface area contributed by atoms with Gasteiger partial charge in [0.15, 0.2) is 0 Å². The molecule has 2 aliphatic carbocycles. The maximum Gasteiger partial charge on any atom is 0.0812 e. The van der Waals surface area contributed by atoms with E-state index in [9.17, 15) is 5.11 Å². The van der Waals surface area contributed by atoms with Crippen LogP contribution in [0.2, 0.25) is 0 Å². The number of hydrogen-bond donors (Lipinski definition) is 1. The lowest BCUT2D eigenvalue weighted by molar-refractivity contribution is 0.0978. The van der Waals surface area contributed by atoms with E-state index in [1.165, 1.54) is 43.4 Å². The van der Waals surface area contributed by atoms with Gasteiger partial charge >= 0.3 is 0 Å². The van der Waals surface area contributed by atoms with Crippen molar-refractivity contribution in [2.45, 2.75) is 71.4 Å². The molecule has 19 heavy (non-hydrogen) atoms. The zero-order valence-corrected chi connectivity index (χ0v) is 12.4. The predicted octanol–water partition coefficient (Wildman–Crippen LogP) is 4.07. The summed E-state index contributed by atoms with van der Waals surface area (Å²) >= 11 is 0. The molecule has 0 amide bonds. The molecule has 0 spiro atoms. The minimum atomic E-state index is -0.258. The van der Waals surface area contributed by atoms with Crippen LogP contribution in [-0.4, -0.2) is 9.67 Å². The van der Waals surface area contributed by atoms with Crippen LogP contribution in [0.1, 0.15) is 69.7 Å². The maximum atomic E-state index is 10.3. The van der Waals surface area contributed by atoms with E-state index >= 15 is 0 Å². The number of aliphatic hydroxyl groups is 1. The molecule has 1 fully saturated rings. The third-order valence-electron chi connectivity index (χ3n) is 5.12. The smallest absolute Gasteiger partial charge is 0.0812 e. The van der Waals surface area contributed by atoms with Crippen LogP contribution in [0.5, 0.6) is 0 Å². The van der Waals surface area contributed by atoms with Crippen LogP contribution in [0.3, 0.4) is 0 Å². The monoisotopic (exact) mass is 261 g/mol. The molecule has 0 aromatic carbocycles. The Morgan fingerprint density at radius 1 is 1.32 bits per heavy atom. The summed E-state index contributed by atoms with van der Waals surface area (Å²) in [5, 5.41) is 10.3. The largest absolute Gasteiger partial charge is 0.388 e. The Labute approximate surface area is 116 Å². The highest BCUT2D eigenvalue weighted by Crippen LogP contribution is 2.41. The second-order valence-electron chi connectivity index (χ2n) is 7.41. The molecule has 1 aromatic rings. The van der Waals surface area contributed by atoms with Crippen molar-refractivity contribution in [3.63, 3.8) is 0 Å². The van der Waals surface area contributed by atoms with Gasteiger partial charge in [0.1, 0.15) is 0 Å². The molecular formula is C17H27NO. The number of aliphatic hydroxyl groups excluding tert-OH is 1. The summed E-state index contributed by atoms with van der Waals surface area (Å²) in [5.41, 5.74) is 2.81. The molecule has 2 nitrogen and oxygen atoms in total. The van der Waals surface area contributed by atoms with Crippen molar-refractivity contribution in [2.75, 3.05) is 0 Å². The van der Waals surface area contributed by atoms with Crippen molar-refractivity contribution in [1.29, 1.82) is 0 Å². The van der Waals surface area contributed by atoms with Gasteiger partial charge in [0, 0.05) is 24.0 Å². The average molecular weight is 261 g/mol. The lowest BCUT2D eigenvalue weighted by Crippen LogP contribution is -2.26. The fraction of sp³-hybridized carbons (Fsp3) is 0.765. The highest BCUT2D eigenvalue weighted by molar-refractivity contribution is 5.29. The number of fused-ring (bicyclic) bond motifs is 1. The lowest BCUT2D eigenvalue weighted by Gasteiger charge is -2.34. The van der Waals surface area contributed by atoms with Gasteiger partial charge in [-0.2, -0.15) is 0 Å². The van der Waals surface area contributed by atoms with E-state index in [-0.39, 0.29) is 11.5 Å². The fourth-order valence-corrected chi connectivity index (χ4v) is 4.02. The van der Waals surface area contributed by atoms with E-state index in [1.54, 1.807) is 0 Å². The van der Waals surface area contributed by atoms with Gasteiger partial charge < -0.3 is 9.67 Å². The van der Waals surface area contributed by atoms with Gasteiger partial charge in [0.05, 0.1) is 6.10 Å². The summed E-state index contributed by atoms with van der Waals surface area (Å²) in [4.78, 5) is 0. The van der Waals surface area contributed by atoms with Gasteiger partial charge in [0.2, 0.25) is 0 Å². The van der Waals surface area contributed by atoms with Crippen LogP contribution >= 0.6 is 0 Å². The van der Waals surface area contributed by atoms with Crippen molar-refractivity contribution in [3.05, 3.63) is 23.5 Å². The molecule has 0 saturated heterocycles. The van der Waals surface area contributed by atoms with Crippen LogP contribution in [0.25, 0.3) is 0 Å². The Hall–Kier alpha value is -0.760. The van der Waals surface area contributed by atoms with Gasteiger partial charge in [0.25, 0.3) is 0 Å². The predicted molar refractivity (Wildman–Crippen MR) is 78.1 cm³/mol. The summed E-state index contributed by atoms with van der Waals surface area (Å²) in [6.07, 6.45) is 11.0. The molecule has 106 valence electrons. The molecular weight excluding hydrogens is 234 g/mol. The first-order valence-corrected chi connectivity index (χ1v) is 7.91. The Morgan fingerprint density at radius 3 is 2.79 bits per heavy atom. The molecule has 0 aliphatic heterocycles. The molecule has 2 heteroatoms. The Balaban J connectivity index is 1.73. The van der Waals surface area contributed by atoms with E-state index in [0.717, 1.165) is 25.3 Å². The molecule has 0 radical (unpaired) electrons. The van der Waals surface area contributed by atoms with Crippen molar-refractivity contribution < 1.29 is 5.11 Å². The Bertz CT molecular complexity index is 440. The topological polar surface area (TPSA) is 25.2 Å². The normalized spacial score (nSPS) is 26.6. The number of hydrogen-bond acceptors (Lipinski definition) is 1.